The topological polar surface area (TPSA) is 58.5 Å². The Morgan fingerprint density at radius 3 is 2.65 bits per heavy atom. The second-order valence-corrected chi connectivity index (χ2v) is 9.35. The summed E-state index contributed by atoms with van der Waals surface area (Å²) < 4.78 is 16.4. The fourth-order valence-electron chi connectivity index (χ4n) is 4.23. The maximum Gasteiger partial charge on any atom is 0.220 e. The molecule has 0 radical (unpaired) electrons. The van der Waals surface area contributed by atoms with E-state index in [1.807, 2.05) is 0 Å². The Hall–Kier alpha value is -0.580. The summed E-state index contributed by atoms with van der Waals surface area (Å²) in [5.41, 5.74) is 0. The fraction of sp³-hybridized carbons (Fsp3) is 0.933. The van der Waals surface area contributed by atoms with Gasteiger partial charge < -0.3 is 5.32 Å². The first kappa shape index (κ1) is 14.4. The first-order valence-electron chi connectivity index (χ1n) is 8.10. The van der Waals surface area contributed by atoms with E-state index in [4.69, 9.17) is 0 Å². The normalized spacial score (nSPS) is 34.3. The molecule has 2 saturated carbocycles. The lowest BCUT2D eigenvalue weighted by molar-refractivity contribution is -0.122. The van der Waals surface area contributed by atoms with E-state index in [1.165, 1.54) is 25.7 Å². The van der Waals surface area contributed by atoms with Gasteiger partial charge in [0.2, 0.25) is 5.91 Å². The van der Waals surface area contributed by atoms with Crippen LogP contribution < -0.4 is 5.32 Å². The summed E-state index contributed by atoms with van der Waals surface area (Å²) in [5, 5.41) is 2.95. The van der Waals surface area contributed by atoms with Gasteiger partial charge in [-0.15, -0.1) is 0 Å². The maximum atomic E-state index is 12.1. The summed E-state index contributed by atoms with van der Waals surface area (Å²) in [6.07, 6.45) is 8.11. The van der Waals surface area contributed by atoms with E-state index in [9.17, 15) is 9.00 Å². The van der Waals surface area contributed by atoms with Crippen LogP contribution in [-0.4, -0.2) is 34.7 Å². The minimum absolute atomic E-state index is 0.166. The molecule has 4 nitrogen and oxygen atoms in total. The summed E-state index contributed by atoms with van der Waals surface area (Å²) >= 11 is 0. The summed E-state index contributed by atoms with van der Waals surface area (Å²) in [6, 6.07) is 0. The van der Waals surface area contributed by atoms with Crippen LogP contribution in [0.4, 0.5) is 0 Å². The van der Waals surface area contributed by atoms with Crippen LogP contribution in [-0.2, 0) is 14.5 Å². The molecule has 3 atom stereocenters. The van der Waals surface area contributed by atoms with E-state index in [2.05, 4.69) is 9.68 Å². The SMILES string of the molecule is O=C(CC1CC2CCC1C2)NCCN=S1(=O)CCCC1. The number of nitrogens with one attached hydrogen (secondary N) is 1. The van der Waals surface area contributed by atoms with Gasteiger partial charge in [-0.2, -0.15) is 0 Å². The molecule has 2 bridgehead atoms. The zero-order valence-electron chi connectivity index (χ0n) is 12.2. The predicted octanol–water partition coefficient (Wildman–Crippen LogP) is 2.19. The highest BCUT2D eigenvalue weighted by molar-refractivity contribution is 7.93. The summed E-state index contributed by atoms with van der Waals surface area (Å²) in [5.74, 6) is 4.01. The number of nitrogens with zero attached hydrogens (tertiary/aromatic N) is 1. The molecule has 3 fully saturated rings. The fourth-order valence-corrected chi connectivity index (χ4v) is 6.43. The van der Waals surface area contributed by atoms with E-state index < -0.39 is 9.73 Å². The highest BCUT2D eigenvalue weighted by atomic mass is 32.2. The predicted molar refractivity (Wildman–Crippen MR) is 81.0 cm³/mol. The monoisotopic (exact) mass is 298 g/mol. The van der Waals surface area contributed by atoms with Crippen molar-refractivity contribution in [3.63, 3.8) is 0 Å². The molecular weight excluding hydrogens is 272 g/mol. The van der Waals surface area contributed by atoms with Crippen molar-refractivity contribution in [2.45, 2.75) is 44.9 Å². The second kappa shape index (κ2) is 6.04. The van der Waals surface area contributed by atoms with Gasteiger partial charge in [0.05, 0.1) is 6.54 Å². The minimum Gasteiger partial charge on any atom is -0.354 e. The number of hydrogen-bond donors (Lipinski definition) is 1. The molecule has 0 aromatic carbocycles. The molecule has 1 saturated heterocycles. The molecule has 1 heterocycles. The zero-order chi connectivity index (χ0) is 14.0. The molecular formula is C15H26N2O2S. The van der Waals surface area contributed by atoms with Crippen molar-refractivity contribution in [1.29, 1.82) is 0 Å². The van der Waals surface area contributed by atoms with Gasteiger partial charge in [-0.3, -0.25) is 4.79 Å². The molecule has 1 aliphatic heterocycles. The molecule has 2 aliphatic carbocycles. The maximum absolute atomic E-state index is 12.1. The van der Waals surface area contributed by atoms with Gasteiger partial charge in [0.25, 0.3) is 0 Å². The van der Waals surface area contributed by atoms with E-state index in [0.29, 0.717) is 25.4 Å². The number of carbonyl (C=O) groups excluding carboxylic acids is 1. The smallest absolute Gasteiger partial charge is 0.220 e. The van der Waals surface area contributed by atoms with E-state index in [-0.39, 0.29) is 5.91 Å². The Morgan fingerprint density at radius 2 is 2.00 bits per heavy atom. The molecule has 5 heteroatoms. The average Bonchev–Trinajstić information content (AvgIpc) is 3.12. The quantitative estimate of drug-likeness (QED) is 0.791. The molecule has 20 heavy (non-hydrogen) atoms. The van der Waals surface area contributed by atoms with Crippen molar-refractivity contribution in [3.05, 3.63) is 0 Å². The van der Waals surface area contributed by atoms with Crippen molar-refractivity contribution in [1.82, 2.24) is 5.32 Å². The standard InChI is InChI=1S/C15H26N2O2S/c18-15(11-14-10-12-3-4-13(14)9-12)16-5-6-17-20(19)7-1-2-8-20/h12-14H,1-11H2,(H,16,18). The third-order valence-electron chi connectivity index (χ3n) is 5.27. The van der Waals surface area contributed by atoms with Crippen LogP contribution in [0.5, 0.6) is 0 Å². The number of hydrogen-bond acceptors (Lipinski definition) is 3. The molecule has 3 aliphatic rings. The van der Waals surface area contributed by atoms with Crippen molar-refractivity contribution in [2.24, 2.45) is 22.1 Å². The highest BCUT2D eigenvalue weighted by Gasteiger charge is 2.39. The molecule has 0 spiro atoms. The summed E-state index contributed by atoms with van der Waals surface area (Å²) in [4.78, 5) is 11.9. The lowest BCUT2D eigenvalue weighted by atomic mass is 9.86. The Morgan fingerprint density at radius 1 is 1.20 bits per heavy atom. The first-order chi connectivity index (χ1) is 9.65. The molecule has 1 N–H and O–H groups in total. The summed E-state index contributed by atoms with van der Waals surface area (Å²) in [6.45, 7) is 1.07. The molecule has 3 unspecified atom stereocenters. The lowest BCUT2D eigenvalue weighted by Gasteiger charge is -2.20. The van der Waals surface area contributed by atoms with Gasteiger partial charge in [0, 0.05) is 34.2 Å². The summed E-state index contributed by atoms with van der Waals surface area (Å²) in [7, 11) is -1.91. The van der Waals surface area contributed by atoms with E-state index >= 15 is 0 Å². The Balaban J connectivity index is 1.36. The van der Waals surface area contributed by atoms with Crippen LogP contribution in [0.3, 0.4) is 0 Å². The first-order valence-corrected chi connectivity index (χ1v) is 9.95. The van der Waals surface area contributed by atoms with Gasteiger partial charge in [-0.1, -0.05) is 6.42 Å². The Labute approximate surface area is 122 Å². The largest absolute Gasteiger partial charge is 0.354 e. The van der Waals surface area contributed by atoms with Crippen LogP contribution in [0.15, 0.2) is 4.36 Å². The van der Waals surface area contributed by atoms with Gasteiger partial charge in [-0.25, -0.2) is 8.57 Å². The van der Waals surface area contributed by atoms with Crippen LogP contribution in [0.25, 0.3) is 0 Å². The Kier molecular flexibility index (Phi) is 4.34. The minimum atomic E-state index is -1.91. The van der Waals surface area contributed by atoms with Crippen molar-refractivity contribution in [3.8, 4) is 0 Å². The highest BCUT2D eigenvalue weighted by Crippen LogP contribution is 2.49. The van der Waals surface area contributed by atoms with Crippen molar-refractivity contribution >= 4 is 15.6 Å². The Bertz CT molecular complexity index is 470. The molecule has 114 valence electrons. The van der Waals surface area contributed by atoms with Crippen LogP contribution in [0.2, 0.25) is 0 Å². The van der Waals surface area contributed by atoms with Gasteiger partial charge >= 0.3 is 0 Å². The number of amides is 1. The van der Waals surface area contributed by atoms with Crippen molar-refractivity contribution in [2.75, 3.05) is 24.6 Å². The molecule has 0 aromatic heterocycles. The molecule has 1 amide bonds. The van der Waals surface area contributed by atoms with Crippen LogP contribution >= 0.6 is 0 Å². The van der Waals surface area contributed by atoms with E-state index in [0.717, 1.165) is 36.2 Å². The van der Waals surface area contributed by atoms with Gasteiger partial charge in [0.15, 0.2) is 0 Å². The number of carbonyl (C=O) groups is 1. The van der Waals surface area contributed by atoms with Crippen molar-refractivity contribution < 1.29 is 9.00 Å². The van der Waals surface area contributed by atoms with E-state index in [1.54, 1.807) is 0 Å². The zero-order valence-corrected chi connectivity index (χ0v) is 13.0. The lowest BCUT2D eigenvalue weighted by Crippen LogP contribution is -2.29. The third kappa shape index (κ3) is 3.35. The van der Waals surface area contributed by atoms with Gasteiger partial charge in [0.1, 0.15) is 0 Å². The number of fused-ring (bicyclic) bond motifs is 2. The third-order valence-corrected chi connectivity index (χ3v) is 7.78. The van der Waals surface area contributed by atoms with Crippen LogP contribution in [0.1, 0.15) is 44.9 Å². The molecule has 3 rings (SSSR count). The molecule has 0 aromatic rings. The van der Waals surface area contributed by atoms with Gasteiger partial charge in [-0.05, 0) is 49.9 Å². The second-order valence-electron chi connectivity index (χ2n) is 6.73. The number of rotatable bonds is 5. The van der Waals surface area contributed by atoms with Crippen LogP contribution in [0, 0.1) is 17.8 Å². The average molecular weight is 298 g/mol.